The molecule has 1 rings (SSSR count). The van der Waals surface area contributed by atoms with Gasteiger partial charge < -0.3 is 9.47 Å². The average Bonchev–Trinajstić information content (AvgIpc) is 2.15. The van der Waals surface area contributed by atoms with E-state index in [-0.39, 0.29) is 5.97 Å². The van der Waals surface area contributed by atoms with Crippen LogP contribution in [0.4, 0.5) is 0 Å². The summed E-state index contributed by atoms with van der Waals surface area (Å²) in [6.45, 7) is 8.56. The van der Waals surface area contributed by atoms with Gasteiger partial charge in [0.2, 0.25) is 0 Å². The second kappa shape index (κ2) is 4.99. The first-order valence-corrected chi connectivity index (χ1v) is 4.33. The molecule has 0 aliphatic carbocycles. The molecular formula is C9H15NO3. The first kappa shape index (κ1) is 10.2. The molecule has 0 aromatic carbocycles. The molecule has 0 bridgehead atoms. The molecule has 0 amide bonds. The summed E-state index contributed by atoms with van der Waals surface area (Å²) in [7, 11) is 0. The van der Waals surface area contributed by atoms with Crippen LogP contribution in [0.1, 0.15) is 6.92 Å². The van der Waals surface area contributed by atoms with Gasteiger partial charge in [-0.3, -0.25) is 4.90 Å². The Morgan fingerprint density at radius 1 is 1.54 bits per heavy atom. The minimum Gasteiger partial charge on any atom is -0.446 e. The van der Waals surface area contributed by atoms with Crippen molar-refractivity contribution >= 4 is 5.97 Å². The average molecular weight is 185 g/mol. The molecule has 0 unspecified atom stereocenters. The molecule has 13 heavy (non-hydrogen) atoms. The van der Waals surface area contributed by atoms with E-state index < -0.39 is 0 Å². The fraction of sp³-hybridized carbons (Fsp3) is 0.667. The molecule has 0 aromatic rings. The molecule has 0 saturated carbocycles. The highest BCUT2D eigenvalue weighted by atomic mass is 16.5. The van der Waals surface area contributed by atoms with Gasteiger partial charge >= 0.3 is 5.97 Å². The summed E-state index contributed by atoms with van der Waals surface area (Å²) in [5.74, 6) is -0.327. The summed E-state index contributed by atoms with van der Waals surface area (Å²) in [6.07, 6.45) is 0. The predicted octanol–water partition coefficient (Wildman–Crippen LogP) is 0.395. The first-order valence-electron chi connectivity index (χ1n) is 4.33. The molecular weight excluding hydrogens is 170 g/mol. The Morgan fingerprint density at radius 2 is 2.15 bits per heavy atom. The standard InChI is InChI=1S/C9H15NO3/c1-8(2)9(11)13-7-10-3-5-12-6-4-10/h1,3-7H2,2H3. The van der Waals surface area contributed by atoms with E-state index in [1.165, 1.54) is 0 Å². The molecule has 1 heterocycles. The molecule has 1 aliphatic rings. The lowest BCUT2D eigenvalue weighted by Crippen LogP contribution is -2.38. The van der Waals surface area contributed by atoms with Gasteiger partial charge in [0.1, 0.15) is 6.73 Å². The van der Waals surface area contributed by atoms with Crippen LogP contribution in [0.5, 0.6) is 0 Å². The molecule has 1 saturated heterocycles. The highest BCUT2D eigenvalue weighted by Gasteiger charge is 2.12. The van der Waals surface area contributed by atoms with Crippen LogP contribution >= 0.6 is 0 Å². The van der Waals surface area contributed by atoms with E-state index in [0.717, 1.165) is 13.1 Å². The Morgan fingerprint density at radius 3 is 2.69 bits per heavy atom. The Bertz CT molecular complexity index is 197. The number of carbonyl (C=O) groups is 1. The van der Waals surface area contributed by atoms with E-state index in [2.05, 4.69) is 6.58 Å². The molecule has 4 nitrogen and oxygen atoms in total. The monoisotopic (exact) mass is 185 g/mol. The summed E-state index contributed by atoms with van der Waals surface area (Å²) in [5.41, 5.74) is 0.438. The third kappa shape index (κ3) is 3.57. The first-order chi connectivity index (χ1) is 6.20. The Kier molecular flexibility index (Phi) is 3.92. The normalized spacial score (nSPS) is 18.2. The number of esters is 1. The van der Waals surface area contributed by atoms with E-state index in [4.69, 9.17) is 9.47 Å². The van der Waals surface area contributed by atoms with Gasteiger partial charge in [0, 0.05) is 18.7 Å². The highest BCUT2D eigenvalue weighted by molar-refractivity contribution is 5.86. The Labute approximate surface area is 78.1 Å². The number of hydrogen-bond acceptors (Lipinski definition) is 4. The predicted molar refractivity (Wildman–Crippen MR) is 48.2 cm³/mol. The number of nitrogens with zero attached hydrogens (tertiary/aromatic N) is 1. The maximum atomic E-state index is 11.0. The van der Waals surface area contributed by atoms with Gasteiger partial charge in [-0.15, -0.1) is 0 Å². The lowest BCUT2D eigenvalue weighted by molar-refractivity contribution is -0.145. The van der Waals surface area contributed by atoms with Crippen LogP contribution in [0.3, 0.4) is 0 Å². The molecule has 0 atom stereocenters. The van der Waals surface area contributed by atoms with Crippen molar-refractivity contribution in [3.63, 3.8) is 0 Å². The van der Waals surface area contributed by atoms with Gasteiger partial charge in [-0.05, 0) is 6.92 Å². The maximum absolute atomic E-state index is 11.0. The second-order valence-electron chi connectivity index (χ2n) is 3.07. The number of morpholine rings is 1. The lowest BCUT2D eigenvalue weighted by atomic mass is 10.4. The zero-order valence-electron chi connectivity index (χ0n) is 7.91. The summed E-state index contributed by atoms with van der Waals surface area (Å²) in [6, 6.07) is 0. The molecule has 4 heteroatoms. The van der Waals surface area contributed by atoms with E-state index >= 15 is 0 Å². The highest BCUT2D eigenvalue weighted by Crippen LogP contribution is 1.98. The molecule has 0 spiro atoms. The number of rotatable bonds is 3. The number of ether oxygens (including phenoxy) is 2. The van der Waals surface area contributed by atoms with Crippen molar-refractivity contribution < 1.29 is 14.3 Å². The van der Waals surface area contributed by atoms with Crippen molar-refractivity contribution in [2.24, 2.45) is 0 Å². The van der Waals surface area contributed by atoms with Crippen molar-refractivity contribution in [2.75, 3.05) is 33.0 Å². The third-order valence-corrected chi connectivity index (χ3v) is 1.83. The van der Waals surface area contributed by atoms with Crippen LogP contribution < -0.4 is 0 Å². The van der Waals surface area contributed by atoms with Crippen molar-refractivity contribution in [1.82, 2.24) is 4.90 Å². The summed E-state index contributed by atoms with van der Waals surface area (Å²) >= 11 is 0. The van der Waals surface area contributed by atoms with Crippen LogP contribution in [0, 0.1) is 0 Å². The minimum absolute atomic E-state index is 0.327. The van der Waals surface area contributed by atoms with E-state index in [1.54, 1.807) is 6.92 Å². The van der Waals surface area contributed by atoms with E-state index in [1.807, 2.05) is 4.90 Å². The van der Waals surface area contributed by atoms with Crippen LogP contribution in [-0.2, 0) is 14.3 Å². The van der Waals surface area contributed by atoms with Crippen LogP contribution in [0.25, 0.3) is 0 Å². The second-order valence-corrected chi connectivity index (χ2v) is 3.07. The molecule has 1 fully saturated rings. The fourth-order valence-corrected chi connectivity index (χ4v) is 1.00. The molecule has 0 radical (unpaired) electrons. The van der Waals surface area contributed by atoms with Crippen molar-refractivity contribution in [3.05, 3.63) is 12.2 Å². The van der Waals surface area contributed by atoms with Crippen LogP contribution in [0.15, 0.2) is 12.2 Å². The summed E-state index contributed by atoms with van der Waals surface area (Å²) in [5, 5.41) is 0. The summed E-state index contributed by atoms with van der Waals surface area (Å²) < 4.78 is 10.1. The number of hydrogen-bond donors (Lipinski definition) is 0. The van der Waals surface area contributed by atoms with Gasteiger partial charge in [0.25, 0.3) is 0 Å². The third-order valence-electron chi connectivity index (χ3n) is 1.83. The smallest absolute Gasteiger partial charge is 0.334 e. The van der Waals surface area contributed by atoms with Crippen molar-refractivity contribution in [2.45, 2.75) is 6.92 Å². The SMILES string of the molecule is C=C(C)C(=O)OCN1CCOCC1. The topological polar surface area (TPSA) is 38.8 Å². The molecule has 0 N–H and O–H groups in total. The zero-order valence-corrected chi connectivity index (χ0v) is 7.91. The summed E-state index contributed by atoms with van der Waals surface area (Å²) in [4.78, 5) is 13.0. The number of carbonyl (C=O) groups excluding carboxylic acids is 1. The van der Waals surface area contributed by atoms with E-state index in [0.29, 0.717) is 25.5 Å². The molecule has 1 aliphatic heterocycles. The van der Waals surface area contributed by atoms with Gasteiger partial charge in [0.15, 0.2) is 0 Å². The van der Waals surface area contributed by atoms with Gasteiger partial charge in [-0.1, -0.05) is 6.58 Å². The van der Waals surface area contributed by atoms with Gasteiger partial charge in [0.05, 0.1) is 13.2 Å². The van der Waals surface area contributed by atoms with Gasteiger partial charge in [-0.25, -0.2) is 4.79 Å². The van der Waals surface area contributed by atoms with Crippen molar-refractivity contribution in [3.8, 4) is 0 Å². The van der Waals surface area contributed by atoms with E-state index in [9.17, 15) is 4.79 Å². The van der Waals surface area contributed by atoms with Crippen molar-refractivity contribution in [1.29, 1.82) is 0 Å². The minimum atomic E-state index is -0.327. The maximum Gasteiger partial charge on any atom is 0.334 e. The lowest BCUT2D eigenvalue weighted by Gasteiger charge is -2.25. The fourth-order valence-electron chi connectivity index (χ4n) is 1.00. The molecule has 74 valence electrons. The Balaban J connectivity index is 2.17. The largest absolute Gasteiger partial charge is 0.446 e. The van der Waals surface area contributed by atoms with Crippen LogP contribution in [0.2, 0.25) is 0 Å². The molecule has 0 aromatic heterocycles. The Hall–Kier alpha value is -0.870. The zero-order chi connectivity index (χ0) is 9.68. The van der Waals surface area contributed by atoms with Crippen LogP contribution in [-0.4, -0.2) is 43.9 Å². The van der Waals surface area contributed by atoms with Gasteiger partial charge in [-0.2, -0.15) is 0 Å². The quantitative estimate of drug-likeness (QED) is 0.471.